The summed E-state index contributed by atoms with van der Waals surface area (Å²) in [5, 5.41) is 9.32. The highest BCUT2D eigenvalue weighted by atomic mass is 16.3. The molecule has 1 saturated carbocycles. The van der Waals surface area contributed by atoms with Crippen LogP contribution in [0.5, 0.6) is 5.75 Å². The van der Waals surface area contributed by atoms with E-state index in [0.29, 0.717) is 24.3 Å². The van der Waals surface area contributed by atoms with E-state index in [-0.39, 0.29) is 0 Å². The lowest BCUT2D eigenvalue weighted by Crippen LogP contribution is -2.35. The molecule has 0 heterocycles. The van der Waals surface area contributed by atoms with Gasteiger partial charge in [-0.25, -0.2) is 0 Å². The largest absolute Gasteiger partial charge is 0.508 e. The molecule has 1 aliphatic carbocycles. The summed E-state index contributed by atoms with van der Waals surface area (Å²) >= 11 is 0. The van der Waals surface area contributed by atoms with Gasteiger partial charge in [0.25, 0.3) is 0 Å². The molecule has 0 aliphatic heterocycles. The number of benzene rings is 1. The van der Waals surface area contributed by atoms with Gasteiger partial charge in [-0.3, -0.25) is 4.99 Å². The first-order valence-electron chi connectivity index (χ1n) is 5.97. The van der Waals surface area contributed by atoms with Crippen LogP contribution in [-0.2, 0) is 6.42 Å². The van der Waals surface area contributed by atoms with Crippen molar-refractivity contribution in [3.8, 4) is 5.75 Å². The van der Waals surface area contributed by atoms with Crippen molar-refractivity contribution in [2.75, 3.05) is 13.6 Å². The maximum atomic E-state index is 9.32. The smallest absolute Gasteiger partial charge is 0.191 e. The number of phenolic OH excluding ortho intramolecular Hbond substituents is 1. The summed E-state index contributed by atoms with van der Waals surface area (Å²) < 4.78 is 0. The van der Waals surface area contributed by atoms with Gasteiger partial charge >= 0.3 is 0 Å². The van der Waals surface area contributed by atoms with Gasteiger partial charge in [0.05, 0.1) is 0 Å². The zero-order valence-electron chi connectivity index (χ0n) is 10.1. The van der Waals surface area contributed by atoms with Crippen LogP contribution in [0, 0.1) is 0 Å². The molecule has 0 amide bonds. The van der Waals surface area contributed by atoms with Gasteiger partial charge in [-0.1, -0.05) is 12.1 Å². The average molecular weight is 233 g/mol. The molecular weight excluding hydrogens is 214 g/mol. The minimum atomic E-state index is 0.301. The predicted molar refractivity (Wildman–Crippen MR) is 69.1 cm³/mol. The van der Waals surface area contributed by atoms with E-state index >= 15 is 0 Å². The van der Waals surface area contributed by atoms with E-state index in [1.165, 1.54) is 12.8 Å². The minimum Gasteiger partial charge on any atom is -0.508 e. The number of rotatable bonds is 4. The standard InChI is InChI=1S/C13H19N3O/c1-16(11-5-6-11)13(14)15-8-7-10-3-2-4-12(17)9-10/h2-4,9,11,17H,5-8H2,1H3,(H2,14,15). The molecule has 1 aromatic carbocycles. The molecule has 17 heavy (non-hydrogen) atoms. The normalized spacial score (nSPS) is 15.9. The van der Waals surface area contributed by atoms with Gasteiger partial charge in [0, 0.05) is 19.6 Å². The van der Waals surface area contributed by atoms with E-state index in [0.717, 1.165) is 12.0 Å². The number of aromatic hydroxyl groups is 1. The van der Waals surface area contributed by atoms with Gasteiger partial charge in [-0.05, 0) is 37.0 Å². The van der Waals surface area contributed by atoms with Crippen molar-refractivity contribution in [1.82, 2.24) is 4.90 Å². The predicted octanol–water partition coefficient (Wildman–Crippen LogP) is 1.34. The van der Waals surface area contributed by atoms with Crippen LogP contribution in [0.4, 0.5) is 0 Å². The third kappa shape index (κ3) is 3.37. The molecule has 0 atom stereocenters. The topological polar surface area (TPSA) is 61.8 Å². The Labute approximate surface area is 102 Å². The van der Waals surface area contributed by atoms with Gasteiger partial charge < -0.3 is 15.7 Å². The third-order valence-corrected chi connectivity index (χ3v) is 3.04. The Bertz CT molecular complexity index is 413. The lowest BCUT2D eigenvalue weighted by molar-refractivity contribution is 0.474. The maximum Gasteiger partial charge on any atom is 0.191 e. The summed E-state index contributed by atoms with van der Waals surface area (Å²) in [6.07, 6.45) is 3.24. The van der Waals surface area contributed by atoms with Crippen LogP contribution in [0.15, 0.2) is 29.3 Å². The first-order valence-corrected chi connectivity index (χ1v) is 5.97. The zero-order valence-corrected chi connectivity index (χ0v) is 10.1. The van der Waals surface area contributed by atoms with E-state index in [1.54, 1.807) is 12.1 Å². The molecule has 0 bridgehead atoms. The van der Waals surface area contributed by atoms with Crippen LogP contribution in [0.3, 0.4) is 0 Å². The van der Waals surface area contributed by atoms with Crippen LogP contribution in [0.2, 0.25) is 0 Å². The number of nitrogens with two attached hydrogens (primary N) is 1. The van der Waals surface area contributed by atoms with Crippen molar-refractivity contribution in [2.45, 2.75) is 25.3 Å². The molecule has 0 unspecified atom stereocenters. The van der Waals surface area contributed by atoms with Crippen molar-refractivity contribution >= 4 is 5.96 Å². The molecule has 1 aliphatic rings. The second kappa shape index (κ2) is 5.08. The maximum absolute atomic E-state index is 9.32. The first-order chi connectivity index (χ1) is 8.16. The molecule has 1 fully saturated rings. The Morgan fingerprint density at radius 3 is 2.94 bits per heavy atom. The van der Waals surface area contributed by atoms with Crippen LogP contribution in [0.1, 0.15) is 18.4 Å². The lowest BCUT2D eigenvalue weighted by atomic mass is 10.1. The fourth-order valence-electron chi connectivity index (χ4n) is 1.77. The number of hydrogen-bond acceptors (Lipinski definition) is 2. The molecule has 0 spiro atoms. The summed E-state index contributed by atoms with van der Waals surface area (Å²) in [4.78, 5) is 6.39. The third-order valence-electron chi connectivity index (χ3n) is 3.04. The van der Waals surface area contributed by atoms with E-state index in [1.807, 2.05) is 24.1 Å². The van der Waals surface area contributed by atoms with E-state index < -0.39 is 0 Å². The number of aliphatic imine (C=N–C) groups is 1. The van der Waals surface area contributed by atoms with E-state index in [2.05, 4.69) is 4.99 Å². The molecule has 0 aromatic heterocycles. The molecule has 4 nitrogen and oxygen atoms in total. The van der Waals surface area contributed by atoms with Crippen molar-refractivity contribution in [1.29, 1.82) is 0 Å². The SMILES string of the molecule is CN(C(N)=NCCc1cccc(O)c1)C1CC1. The quantitative estimate of drug-likeness (QED) is 0.609. The van der Waals surface area contributed by atoms with Crippen molar-refractivity contribution in [3.63, 3.8) is 0 Å². The van der Waals surface area contributed by atoms with E-state index in [9.17, 15) is 5.11 Å². The molecule has 3 N–H and O–H groups in total. The zero-order chi connectivity index (χ0) is 12.3. The fraction of sp³-hybridized carbons (Fsp3) is 0.462. The Hall–Kier alpha value is -1.71. The second-order valence-corrected chi connectivity index (χ2v) is 4.50. The van der Waals surface area contributed by atoms with Gasteiger partial charge in [0.2, 0.25) is 0 Å². The van der Waals surface area contributed by atoms with E-state index in [4.69, 9.17) is 5.73 Å². The first kappa shape index (κ1) is 11.8. The van der Waals surface area contributed by atoms with Gasteiger partial charge in [-0.2, -0.15) is 0 Å². The molecule has 0 saturated heterocycles. The van der Waals surface area contributed by atoms with Crippen molar-refractivity contribution < 1.29 is 5.11 Å². The van der Waals surface area contributed by atoms with Gasteiger partial charge in [0.15, 0.2) is 5.96 Å². The van der Waals surface area contributed by atoms with Crippen molar-refractivity contribution in [2.24, 2.45) is 10.7 Å². The highest BCUT2D eigenvalue weighted by Gasteiger charge is 2.27. The highest BCUT2D eigenvalue weighted by Crippen LogP contribution is 2.24. The monoisotopic (exact) mass is 233 g/mol. The molecule has 0 radical (unpaired) electrons. The summed E-state index contributed by atoms with van der Waals surface area (Å²) in [5.41, 5.74) is 6.96. The van der Waals surface area contributed by atoms with Crippen LogP contribution in [-0.4, -0.2) is 35.6 Å². The van der Waals surface area contributed by atoms with Crippen LogP contribution >= 0.6 is 0 Å². The lowest BCUT2D eigenvalue weighted by Gasteiger charge is -2.16. The van der Waals surface area contributed by atoms with Gasteiger partial charge in [-0.15, -0.1) is 0 Å². The molecule has 92 valence electrons. The number of guanidine groups is 1. The summed E-state index contributed by atoms with van der Waals surface area (Å²) in [6.45, 7) is 0.659. The minimum absolute atomic E-state index is 0.301. The van der Waals surface area contributed by atoms with Gasteiger partial charge in [0.1, 0.15) is 5.75 Å². The summed E-state index contributed by atoms with van der Waals surface area (Å²) in [5.74, 6) is 0.919. The molecule has 1 aromatic rings. The highest BCUT2D eigenvalue weighted by molar-refractivity contribution is 5.78. The van der Waals surface area contributed by atoms with Crippen molar-refractivity contribution in [3.05, 3.63) is 29.8 Å². The molecule has 2 rings (SSSR count). The Morgan fingerprint density at radius 1 is 1.53 bits per heavy atom. The van der Waals surface area contributed by atoms with Crippen LogP contribution < -0.4 is 5.73 Å². The summed E-state index contributed by atoms with van der Waals surface area (Å²) in [7, 11) is 1.99. The number of nitrogens with zero attached hydrogens (tertiary/aromatic N) is 2. The fourth-order valence-corrected chi connectivity index (χ4v) is 1.77. The summed E-state index contributed by atoms with van der Waals surface area (Å²) in [6, 6.07) is 7.85. The second-order valence-electron chi connectivity index (χ2n) is 4.50. The number of phenols is 1. The molecule has 4 heteroatoms. The molecular formula is C13H19N3O. The average Bonchev–Trinajstić information content (AvgIpc) is 3.12. The Kier molecular flexibility index (Phi) is 3.52. The number of hydrogen-bond donors (Lipinski definition) is 2. The van der Waals surface area contributed by atoms with Crippen LogP contribution in [0.25, 0.3) is 0 Å². The Morgan fingerprint density at radius 2 is 2.29 bits per heavy atom. The Balaban J connectivity index is 1.83.